The molecule has 0 aliphatic heterocycles. The van der Waals surface area contributed by atoms with Crippen LogP contribution in [0, 0.1) is 5.92 Å². The van der Waals surface area contributed by atoms with Crippen molar-refractivity contribution in [3.8, 4) is 5.95 Å². The van der Waals surface area contributed by atoms with Gasteiger partial charge in [0.2, 0.25) is 0 Å². The maximum absolute atomic E-state index is 8.82. The van der Waals surface area contributed by atoms with Gasteiger partial charge in [0.25, 0.3) is 0 Å². The first-order chi connectivity index (χ1) is 5.59. The van der Waals surface area contributed by atoms with E-state index in [-0.39, 0.29) is 5.95 Å². The number of aromatic nitrogens is 1. The van der Waals surface area contributed by atoms with Crippen LogP contribution in [0.5, 0.6) is 5.95 Å². The van der Waals surface area contributed by atoms with Gasteiger partial charge in [-0.3, -0.25) is 5.01 Å². The van der Waals surface area contributed by atoms with Crippen LogP contribution in [0.1, 0.15) is 13.8 Å². The summed E-state index contributed by atoms with van der Waals surface area (Å²) in [5.41, 5.74) is 0. The molecule has 1 aromatic rings. The zero-order valence-corrected chi connectivity index (χ0v) is 7.19. The molecule has 0 radical (unpaired) electrons. The molecule has 0 saturated carbocycles. The molecule has 0 unspecified atom stereocenters. The van der Waals surface area contributed by atoms with E-state index in [9.17, 15) is 0 Å². The fourth-order valence-electron chi connectivity index (χ4n) is 0.879. The third kappa shape index (κ3) is 2.13. The molecule has 1 rings (SSSR count). The topological polar surface area (TPSA) is 75.5 Å². The Kier molecular flexibility index (Phi) is 2.54. The van der Waals surface area contributed by atoms with E-state index in [1.807, 2.05) is 13.8 Å². The van der Waals surface area contributed by atoms with E-state index >= 15 is 0 Å². The lowest BCUT2D eigenvalue weighted by Crippen LogP contribution is -2.34. The second-order valence-corrected chi connectivity index (χ2v) is 3.07. The molecule has 3 N–H and O–H groups in total. The number of rotatable bonds is 3. The highest BCUT2D eigenvalue weighted by Gasteiger charge is 2.08. The average molecular weight is 171 g/mol. The highest BCUT2D eigenvalue weighted by atomic mass is 16.5. The number of nitrogens with two attached hydrogens (primary N) is 1. The van der Waals surface area contributed by atoms with Crippen LogP contribution in [-0.2, 0) is 0 Å². The summed E-state index contributed by atoms with van der Waals surface area (Å²) in [4.78, 5) is 0. The molecule has 0 saturated heterocycles. The van der Waals surface area contributed by atoms with Gasteiger partial charge in [-0.1, -0.05) is 19.0 Å². The van der Waals surface area contributed by atoms with Crippen LogP contribution in [-0.4, -0.2) is 16.8 Å². The maximum Gasteiger partial charge on any atom is 0.310 e. The quantitative estimate of drug-likeness (QED) is 0.517. The predicted molar refractivity (Wildman–Crippen MR) is 44.5 cm³/mol. The number of anilines is 1. The molecule has 12 heavy (non-hydrogen) atoms. The Hall–Kier alpha value is -1.23. The van der Waals surface area contributed by atoms with E-state index in [1.165, 1.54) is 11.1 Å². The molecule has 0 atom stereocenters. The summed E-state index contributed by atoms with van der Waals surface area (Å²) < 4.78 is 4.45. The molecule has 0 aromatic carbocycles. The first-order valence-corrected chi connectivity index (χ1v) is 3.77. The predicted octanol–water partition coefficient (Wildman–Crippen LogP) is 0.716. The lowest BCUT2D eigenvalue weighted by Gasteiger charge is -2.16. The Labute approximate surface area is 70.7 Å². The largest absolute Gasteiger partial charge is 0.479 e. The van der Waals surface area contributed by atoms with Crippen molar-refractivity contribution >= 4 is 5.82 Å². The molecule has 5 nitrogen and oxygen atoms in total. The van der Waals surface area contributed by atoms with Crippen LogP contribution < -0.4 is 10.9 Å². The molecular formula is C7H13N3O2. The molecule has 68 valence electrons. The minimum absolute atomic E-state index is 0.218. The van der Waals surface area contributed by atoms with Gasteiger partial charge in [-0.15, -0.1) is 0 Å². The smallest absolute Gasteiger partial charge is 0.310 e. The first-order valence-electron chi connectivity index (χ1n) is 3.77. The van der Waals surface area contributed by atoms with Crippen LogP contribution >= 0.6 is 0 Å². The van der Waals surface area contributed by atoms with Crippen molar-refractivity contribution in [1.29, 1.82) is 0 Å². The van der Waals surface area contributed by atoms with Crippen molar-refractivity contribution in [3.63, 3.8) is 0 Å². The standard InChI is InChI=1S/C7H13N3O2/c1-5(2)4-10(8)6-3-7(11)12-9-6/h3,5,11H,4,8H2,1-2H3. The summed E-state index contributed by atoms with van der Waals surface area (Å²) >= 11 is 0. The van der Waals surface area contributed by atoms with Crippen molar-refractivity contribution in [3.05, 3.63) is 6.07 Å². The van der Waals surface area contributed by atoms with Crippen LogP contribution in [0.15, 0.2) is 10.6 Å². The first kappa shape index (κ1) is 8.86. The minimum atomic E-state index is -0.218. The van der Waals surface area contributed by atoms with E-state index in [0.717, 1.165) is 0 Å². The molecule has 0 spiro atoms. The summed E-state index contributed by atoms with van der Waals surface area (Å²) in [5.74, 6) is 6.27. The lowest BCUT2D eigenvalue weighted by molar-refractivity contribution is 0.278. The number of aromatic hydroxyl groups is 1. The second-order valence-electron chi connectivity index (χ2n) is 3.07. The molecule has 0 aliphatic rings. The average Bonchev–Trinajstić information content (AvgIpc) is 2.34. The number of hydrogen-bond donors (Lipinski definition) is 2. The van der Waals surface area contributed by atoms with Gasteiger partial charge in [-0.05, 0) is 5.92 Å². The van der Waals surface area contributed by atoms with Gasteiger partial charge in [0.15, 0.2) is 5.82 Å². The Morgan fingerprint density at radius 3 is 2.83 bits per heavy atom. The molecule has 0 bridgehead atoms. The highest BCUT2D eigenvalue weighted by Crippen LogP contribution is 2.16. The molecule has 1 aromatic heterocycles. The summed E-state index contributed by atoms with van der Waals surface area (Å²) in [5, 5.41) is 13.8. The van der Waals surface area contributed by atoms with Gasteiger partial charge in [0, 0.05) is 6.54 Å². The summed E-state index contributed by atoms with van der Waals surface area (Å²) in [6.45, 7) is 4.76. The van der Waals surface area contributed by atoms with Crippen LogP contribution in [0.3, 0.4) is 0 Å². The Morgan fingerprint density at radius 1 is 1.75 bits per heavy atom. The Bertz CT molecular complexity index is 247. The van der Waals surface area contributed by atoms with Crippen LogP contribution in [0.4, 0.5) is 5.82 Å². The fraction of sp³-hybridized carbons (Fsp3) is 0.571. The molecule has 0 aliphatic carbocycles. The zero-order valence-electron chi connectivity index (χ0n) is 7.19. The van der Waals surface area contributed by atoms with Gasteiger partial charge in [0.05, 0.1) is 6.07 Å². The van der Waals surface area contributed by atoms with Crippen molar-refractivity contribution in [2.75, 3.05) is 11.6 Å². The fourth-order valence-corrected chi connectivity index (χ4v) is 0.879. The van der Waals surface area contributed by atoms with Crippen molar-refractivity contribution < 1.29 is 9.63 Å². The van der Waals surface area contributed by atoms with E-state index < -0.39 is 0 Å². The zero-order chi connectivity index (χ0) is 9.14. The molecule has 5 heteroatoms. The van der Waals surface area contributed by atoms with Crippen molar-refractivity contribution in [2.24, 2.45) is 11.8 Å². The normalized spacial score (nSPS) is 10.7. The summed E-state index contributed by atoms with van der Waals surface area (Å²) in [7, 11) is 0. The van der Waals surface area contributed by atoms with Gasteiger partial charge in [-0.25, -0.2) is 5.84 Å². The molecule has 1 heterocycles. The monoisotopic (exact) mass is 171 g/mol. The Balaban J connectivity index is 2.58. The number of nitrogens with zero attached hydrogens (tertiary/aromatic N) is 2. The SMILES string of the molecule is CC(C)CN(N)c1cc(O)on1. The van der Waals surface area contributed by atoms with E-state index in [4.69, 9.17) is 10.9 Å². The second kappa shape index (κ2) is 3.44. The third-order valence-corrected chi connectivity index (χ3v) is 1.34. The van der Waals surface area contributed by atoms with E-state index in [2.05, 4.69) is 9.68 Å². The van der Waals surface area contributed by atoms with E-state index in [1.54, 1.807) is 0 Å². The molecule has 0 amide bonds. The minimum Gasteiger partial charge on any atom is -0.479 e. The third-order valence-electron chi connectivity index (χ3n) is 1.34. The summed E-state index contributed by atoms with van der Waals surface area (Å²) in [6.07, 6.45) is 0. The van der Waals surface area contributed by atoms with Gasteiger partial charge in [0.1, 0.15) is 0 Å². The van der Waals surface area contributed by atoms with Gasteiger partial charge < -0.3 is 9.63 Å². The van der Waals surface area contributed by atoms with Crippen molar-refractivity contribution in [1.82, 2.24) is 5.16 Å². The number of hydrazine groups is 1. The van der Waals surface area contributed by atoms with Crippen LogP contribution in [0.25, 0.3) is 0 Å². The van der Waals surface area contributed by atoms with Crippen LogP contribution in [0.2, 0.25) is 0 Å². The number of hydrogen-bond acceptors (Lipinski definition) is 5. The highest BCUT2D eigenvalue weighted by molar-refractivity contribution is 5.37. The molecular weight excluding hydrogens is 158 g/mol. The summed E-state index contributed by atoms with van der Waals surface area (Å²) in [6, 6.07) is 1.38. The van der Waals surface area contributed by atoms with Gasteiger partial charge >= 0.3 is 5.95 Å². The molecule has 0 fully saturated rings. The Morgan fingerprint density at radius 2 is 2.42 bits per heavy atom. The lowest BCUT2D eigenvalue weighted by atomic mass is 10.2. The van der Waals surface area contributed by atoms with E-state index in [0.29, 0.717) is 18.3 Å². The van der Waals surface area contributed by atoms with Crippen molar-refractivity contribution in [2.45, 2.75) is 13.8 Å². The maximum atomic E-state index is 8.82. The van der Waals surface area contributed by atoms with Gasteiger partial charge in [-0.2, -0.15) is 0 Å².